The van der Waals surface area contributed by atoms with Crippen LogP contribution in [0, 0.1) is 0 Å². The first-order valence-corrected chi connectivity index (χ1v) is 17.1. The molecule has 44 heavy (non-hydrogen) atoms. The average molecular weight is 585 g/mol. The van der Waals surface area contributed by atoms with Crippen molar-refractivity contribution in [2.24, 2.45) is 0 Å². The molecule has 3 heterocycles. The Hall–Kier alpha value is -5.39. The fourth-order valence-corrected chi connectivity index (χ4v) is 11.5. The molecular weight excluding hydrogens is 553 g/mol. The van der Waals surface area contributed by atoms with Crippen molar-refractivity contribution in [3.63, 3.8) is 0 Å². The Morgan fingerprint density at radius 3 is 1.93 bits per heavy atom. The van der Waals surface area contributed by atoms with Gasteiger partial charge in [0.25, 0.3) is 0 Å². The minimum absolute atomic E-state index is 0.841. The summed E-state index contributed by atoms with van der Waals surface area (Å²) in [6.45, 7) is 0.841. The summed E-state index contributed by atoms with van der Waals surface area (Å²) in [5.74, 6) is 0. The van der Waals surface area contributed by atoms with Gasteiger partial charge < -0.3 is 14.4 Å². The van der Waals surface area contributed by atoms with Crippen molar-refractivity contribution < 1.29 is 0 Å². The first-order valence-electron chi connectivity index (χ1n) is 15.1. The number of anilines is 1. The zero-order chi connectivity index (χ0) is 29.5. The van der Waals surface area contributed by atoms with Crippen molar-refractivity contribution in [3.8, 4) is 5.69 Å². The van der Waals surface area contributed by atoms with E-state index in [1.807, 2.05) is 12.3 Å². The number of pyridine rings is 1. The van der Waals surface area contributed by atoms with E-state index in [9.17, 15) is 0 Å². The summed E-state index contributed by atoms with van der Waals surface area (Å²) in [5, 5.41) is 7.58. The van der Waals surface area contributed by atoms with Crippen LogP contribution in [0.2, 0.25) is 0 Å². The Morgan fingerprint density at radius 1 is 0.545 bits per heavy atom. The fraction of sp³-hybridized carbons (Fsp3) is 0.0513. The SMILES string of the molecule is CN1C=CN(c2ccc3c4ccccc4n(-c4cccc([Si](c5ccccc5)(c5ccccc5)c5ccccn5)c4)c3c2)C1. The predicted molar refractivity (Wildman–Crippen MR) is 186 cm³/mol. The molecule has 0 saturated carbocycles. The van der Waals surface area contributed by atoms with Crippen LogP contribution in [0.1, 0.15) is 0 Å². The molecule has 0 fully saturated rings. The lowest BCUT2D eigenvalue weighted by atomic mass is 10.1. The normalized spacial score (nSPS) is 13.3. The van der Waals surface area contributed by atoms with E-state index in [0.29, 0.717) is 0 Å². The number of benzene rings is 5. The van der Waals surface area contributed by atoms with Crippen molar-refractivity contribution >= 4 is 56.4 Å². The van der Waals surface area contributed by atoms with E-state index in [1.54, 1.807) is 0 Å². The molecule has 5 aromatic carbocycles. The first-order chi connectivity index (χ1) is 21.7. The van der Waals surface area contributed by atoms with E-state index >= 15 is 0 Å². The highest BCUT2D eigenvalue weighted by molar-refractivity contribution is 7.19. The van der Waals surface area contributed by atoms with Crippen LogP contribution in [-0.2, 0) is 0 Å². The standard InChI is InChI=1S/C39H32N4Si/c1-41-25-26-42(29-41)30-22-23-36-35-19-8-9-20-37(35)43(38(36)28-30)31-13-12-18-34(27-31)44(32-14-4-2-5-15-32,33-16-6-3-7-17-33)39-21-10-11-24-40-39/h2-28H,29H2,1H3. The second kappa shape index (κ2) is 10.7. The highest BCUT2D eigenvalue weighted by Crippen LogP contribution is 2.35. The molecular formula is C39H32N4Si. The van der Waals surface area contributed by atoms with Crippen LogP contribution in [0.4, 0.5) is 5.69 Å². The molecule has 5 heteroatoms. The maximum absolute atomic E-state index is 5.07. The number of para-hydroxylation sites is 1. The molecule has 1 aliphatic rings. The molecule has 7 aromatic rings. The van der Waals surface area contributed by atoms with Crippen molar-refractivity contribution in [2.45, 2.75) is 0 Å². The number of fused-ring (bicyclic) bond motifs is 3. The molecule has 2 aromatic heterocycles. The summed E-state index contributed by atoms with van der Waals surface area (Å²) in [6, 6.07) is 53.1. The van der Waals surface area contributed by atoms with Gasteiger partial charge in [-0.25, -0.2) is 0 Å². The fourth-order valence-electron chi connectivity index (χ4n) is 6.90. The lowest BCUT2D eigenvalue weighted by Gasteiger charge is -2.33. The molecule has 0 amide bonds. The summed E-state index contributed by atoms with van der Waals surface area (Å²) in [7, 11) is -0.660. The molecule has 4 nitrogen and oxygen atoms in total. The molecule has 0 aliphatic carbocycles. The quantitative estimate of drug-likeness (QED) is 0.184. The van der Waals surface area contributed by atoms with Crippen LogP contribution in [0.25, 0.3) is 27.5 Å². The van der Waals surface area contributed by atoms with Gasteiger partial charge in [0.2, 0.25) is 8.07 Å². The van der Waals surface area contributed by atoms with Crippen molar-refractivity contribution in [1.82, 2.24) is 14.5 Å². The van der Waals surface area contributed by atoms with Gasteiger partial charge in [-0.3, -0.25) is 4.98 Å². The Kier molecular flexibility index (Phi) is 6.39. The first kappa shape index (κ1) is 26.3. The van der Waals surface area contributed by atoms with E-state index in [1.165, 1.54) is 43.1 Å². The summed E-state index contributed by atoms with van der Waals surface area (Å²) >= 11 is 0. The molecule has 0 radical (unpaired) electrons. The summed E-state index contributed by atoms with van der Waals surface area (Å²) in [5.41, 5.74) is 4.74. The minimum atomic E-state index is -2.77. The lowest BCUT2D eigenvalue weighted by Crippen LogP contribution is -2.75. The van der Waals surface area contributed by atoms with Gasteiger partial charge in [0.1, 0.15) is 0 Å². The van der Waals surface area contributed by atoms with Gasteiger partial charge in [0.05, 0.1) is 17.7 Å². The third kappa shape index (κ3) is 4.16. The zero-order valence-corrected chi connectivity index (χ0v) is 25.6. The van der Waals surface area contributed by atoms with Crippen LogP contribution < -0.4 is 25.8 Å². The highest BCUT2D eigenvalue weighted by Gasteiger charge is 2.43. The average Bonchev–Trinajstić information content (AvgIpc) is 3.67. The van der Waals surface area contributed by atoms with E-state index in [0.717, 1.165) is 17.7 Å². The number of rotatable bonds is 6. The van der Waals surface area contributed by atoms with Gasteiger partial charge in [-0.05, 0) is 58.0 Å². The van der Waals surface area contributed by atoms with Crippen LogP contribution in [-0.4, -0.2) is 36.2 Å². The van der Waals surface area contributed by atoms with Crippen molar-refractivity contribution in [3.05, 3.63) is 164 Å². The zero-order valence-electron chi connectivity index (χ0n) is 24.6. The maximum Gasteiger partial charge on any atom is 0.201 e. The predicted octanol–water partition coefficient (Wildman–Crippen LogP) is 5.74. The molecule has 212 valence electrons. The second-order valence-corrected chi connectivity index (χ2v) is 15.2. The van der Waals surface area contributed by atoms with Gasteiger partial charge in [-0.1, -0.05) is 103 Å². The second-order valence-electron chi connectivity index (χ2n) is 11.5. The largest absolute Gasteiger partial charge is 0.361 e. The smallest absolute Gasteiger partial charge is 0.201 e. The molecule has 0 bridgehead atoms. The number of nitrogens with zero attached hydrogens (tertiary/aromatic N) is 4. The van der Waals surface area contributed by atoms with E-state index in [4.69, 9.17) is 4.98 Å². The monoisotopic (exact) mass is 584 g/mol. The molecule has 0 saturated heterocycles. The molecule has 0 N–H and O–H groups in total. The topological polar surface area (TPSA) is 24.3 Å². The van der Waals surface area contributed by atoms with Gasteiger partial charge in [0, 0.05) is 53.1 Å². The van der Waals surface area contributed by atoms with E-state index in [-0.39, 0.29) is 0 Å². The number of hydrogen-bond acceptors (Lipinski definition) is 3. The van der Waals surface area contributed by atoms with Crippen molar-refractivity contribution in [2.75, 3.05) is 18.6 Å². The van der Waals surface area contributed by atoms with Crippen LogP contribution in [0.5, 0.6) is 0 Å². The van der Waals surface area contributed by atoms with Crippen LogP contribution >= 0.6 is 0 Å². The molecule has 1 aliphatic heterocycles. The summed E-state index contributed by atoms with van der Waals surface area (Å²) in [6.07, 6.45) is 6.21. The Balaban J connectivity index is 1.41. The van der Waals surface area contributed by atoms with Gasteiger partial charge in [0.15, 0.2) is 0 Å². The number of hydrogen-bond donors (Lipinski definition) is 0. The minimum Gasteiger partial charge on any atom is -0.361 e. The Bertz CT molecular complexity index is 2020. The number of aromatic nitrogens is 2. The Labute approximate surface area is 258 Å². The third-order valence-electron chi connectivity index (χ3n) is 8.87. The van der Waals surface area contributed by atoms with E-state index < -0.39 is 8.07 Å². The summed E-state index contributed by atoms with van der Waals surface area (Å²) < 4.78 is 2.44. The molecule has 0 atom stereocenters. The van der Waals surface area contributed by atoms with Crippen LogP contribution in [0.3, 0.4) is 0 Å². The Morgan fingerprint density at radius 2 is 1.23 bits per heavy atom. The highest BCUT2D eigenvalue weighted by atomic mass is 28.3. The van der Waals surface area contributed by atoms with Crippen molar-refractivity contribution in [1.29, 1.82) is 0 Å². The van der Waals surface area contributed by atoms with Gasteiger partial charge in [-0.2, -0.15) is 0 Å². The maximum atomic E-state index is 5.07. The van der Waals surface area contributed by atoms with Gasteiger partial charge in [-0.15, -0.1) is 0 Å². The molecule has 8 rings (SSSR count). The molecule has 0 spiro atoms. The molecule has 0 unspecified atom stereocenters. The van der Waals surface area contributed by atoms with E-state index in [2.05, 4.69) is 173 Å². The third-order valence-corrected chi connectivity index (χ3v) is 13.5. The summed E-state index contributed by atoms with van der Waals surface area (Å²) in [4.78, 5) is 9.56. The lowest BCUT2D eigenvalue weighted by molar-refractivity contribution is 0.496. The van der Waals surface area contributed by atoms with Crippen LogP contribution in [0.15, 0.2) is 164 Å². The van der Waals surface area contributed by atoms with Gasteiger partial charge >= 0.3 is 0 Å².